The molecule has 2 aromatic rings. The van der Waals surface area contributed by atoms with E-state index in [1.807, 2.05) is 37.3 Å². The molecule has 0 aliphatic heterocycles. The normalized spacial score (nSPS) is 14.9. The predicted octanol–water partition coefficient (Wildman–Crippen LogP) is 4.18. The first-order valence-corrected chi connectivity index (χ1v) is 11.4. The van der Waals surface area contributed by atoms with E-state index in [4.69, 9.17) is 21.1 Å². The number of aliphatic hydroxyl groups excluding tert-OH is 1. The van der Waals surface area contributed by atoms with Crippen molar-refractivity contribution in [2.75, 3.05) is 14.2 Å². The molecule has 0 radical (unpaired) electrons. The summed E-state index contributed by atoms with van der Waals surface area (Å²) in [6, 6.07) is 13.6. The van der Waals surface area contributed by atoms with Gasteiger partial charge in [-0.25, -0.2) is 4.79 Å². The molecular formula is C26H32ClNO6. The van der Waals surface area contributed by atoms with Crippen LogP contribution in [-0.4, -0.2) is 48.5 Å². The number of carboxylic acids is 1. The van der Waals surface area contributed by atoms with Crippen LogP contribution in [0, 0.1) is 5.92 Å². The Kier molecular flexibility index (Phi) is 11.1. The number of benzene rings is 2. The minimum absolute atomic E-state index is 0.0657. The lowest BCUT2D eigenvalue weighted by Gasteiger charge is -2.23. The molecule has 0 aliphatic rings. The van der Waals surface area contributed by atoms with Crippen LogP contribution in [0.2, 0.25) is 5.02 Å². The SMILES string of the molecule is COc1ccc(C[C@@H](NC(=O)/C=C/CC(O)C(C)CC(OC)c2ccccc2)C(=O)O)cc1Cl. The van der Waals surface area contributed by atoms with Crippen LogP contribution >= 0.6 is 11.6 Å². The summed E-state index contributed by atoms with van der Waals surface area (Å²) in [5.41, 5.74) is 1.69. The maximum Gasteiger partial charge on any atom is 0.326 e. The van der Waals surface area contributed by atoms with Crippen LogP contribution in [-0.2, 0) is 20.7 Å². The van der Waals surface area contributed by atoms with Crippen molar-refractivity contribution < 1.29 is 29.3 Å². The molecular weight excluding hydrogens is 458 g/mol. The van der Waals surface area contributed by atoms with Gasteiger partial charge < -0.3 is 25.0 Å². The van der Waals surface area contributed by atoms with Gasteiger partial charge in [-0.3, -0.25) is 4.79 Å². The Bertz CT molecular complexity index is 965. The molecule has 4 atom stereocenters. The van der Waals surface area contributed by atoms with Gasteiger partial charge in [0, 0.05) is 13.5 Å². The molecule has 184 valence electrons. The number of carboxylic acid groups (broad SMARTS) is 1. The number of aliphatic hydroxyl groups is 1. The van der Waals surface area contributed by atoms with Crippen LogP contribution in [0.1, 0.15) is 37.0 Å². The van der Waals surface area contributed by atoms with Crippen molar-refractivity contribution >= 4 is 23.5 Å². The molecule has 8 heteroatoms. The van der Waals surface area contributed by atoms with Crippen molar-refractivity contribution in [3.8, 4) is 5.75 Å². The minimum Gasteiger partial charge on any atom is -0.495 e. The Balaban J connectivity index is 1.88. The summed E-state index contributed by atoms with van der Waals surface area (Å²) < 4.78 is 10.7. The van der Waals surface area contributed by atoms with E-state index in [1.54, 1.807) is 31.4 Å². The molecule has 0 aliphatic carbocycles. The van der Waals surface area contributed by atoms with Crippen LogP contribution in [0.3, 0.4) is 0 Å². The third kappa shape index (κ3) is 8.48. The molecule has 0 bridgehead atoms. The molecule has 7 nitrogen and oxygen atoms in total. The van der Waals surface area contributed by atoms with Gasteiger partial charge in [0.25, 0.3) is 0 Å². The van der Waals surface area contributed by atoms with Gasteiger partial charge in [-0.05, 0) is 48.1 Å². The van der Waals surface area contributed by atoms with Crippen molar-refractivity contribution in [1.82, 2.24) is 5.32 Å². The first-order chi connectivity index (χ1) is 16.2. The summed E-state index contributed by atoms with van der Waals surface area (Å²) in [7, 11) is 3.13. The molecule has 0 saturated carbocycles. The van der Waals surface area contributed by atoms with E-state index >= 15 is 0 Å². The van der Waals surface area contributed by atoms with Gasteiger partial charge in [0.05, 0.1) is 24.3 Å². The van der Waals surface area contributed by atoms with Crippen LogP contribution in [0.4, 0.5) is 0 Å². The van der Waals surface area contributed by atoms with Crippen LogP contribution in [0.25, 0.3) is 0 Å². The highest BCUT2D eigenvalue weighted by Gasteiger charge is 2.21. The largest absolute Gasteiger partial charge is 0.495 e. The van der Waals surface area contributed by atoms with Gasteiger partial charge in [0.15, 0.2) is 0 Å². The van der Waals surface area contributed by atoms with E-state index in [-0.39, 0.29) is 24.9 Å². The summed E-state index contributed by atoms with van der Waals surface area (Å²) in [5, 5.41) is 22.8. The van der Waals surface area contributed by atoms with Gasteiger partial charge in [-0.15, -0.1) is 0 Å². The Hall–Kier alpha value is -2.87. The molecule has 0 spiro atoms. The van der Waals surface area contributed by atoms with Gasteiger partial charge in [0.2, 0.25) is 5.91 Å². The maximum atomic E-state index is 12.3. The number of halogens is 1. The number of aliphatic carboxylic acids is 1. The fourth-order valence-corrected chi connectivity index (χ4v) is 3.85. The van der Waals surface area contributed by atoms with E-state index in [0.29, 0.717) is 22.8 Å². The van der Waals surface area contributed by atoms with Crippen LogP contribution in [0.5, 0.6) is 5.75 Å². The molecule has 34 heavy (non-hydrogen) atoms. The van der Waals surface area contributed by atoms with E-state index < -0.39 is 24.0 Å². The Morgan fingerprint density at radius 1 is 1.15 bits per heavy atom. The summed E-state index contributed by atoms with van der Waals surface area (Å²) in [6.07, 6.45) is 2.92. The Morgan fingerprint density at radius 3 is 2.44 bits per heavy atom. The highest BCUT2D eigenvalue weighted by atomic mass is 35.5. The highest BCUT2D eigenvalue weighted by Crippen LogP contribution is 2.27. The Labute approximate surface area is 205 Å². The molecule has 3 unspecified atom stereocenters. The van der Waals surface area contributed by atoms with Gasteiger partial charge in [-0.1, -0.05) is 61.0 Å². The number of carbonyl (C=O) groups excluding carboxylic acids is 1. The number of amides is 1. The van der Waals surface area contributed by atoms with E-state index in [0.717, 1.165) is 5.56 Å². The van der Waals surface area contributed by atoms with E-state index in [9.17, 15) is 19.8 Å². The molecule has 2 rings (SSSR count). The second kappa shape index (κ2) is 13.7. The summed E-state index contributed by atoms with van der Waals surface area (Å²) in [4.78, 5) is 23.9. The molecule has 1 amide bonds. The van der Waals surface area contributed by atoms with Gasteiger partial charge >= 0.3 is 5.97 Å². The Morgan fingerprint density at radius 2 is 1.85 bits per heavy atom. The molecule has 0 fully saturated rings. The lowest BCUT2D eigenvalue weighted by Crippen LogP contribution is -2.41. The van der Waals surface area contributed by atoms with Crippen molar-refractivity contribution in [3.05, 3.63) is 76.8 Å². The number of ether oxygens (including phenoxy) is 2. The smallest absolute Gasteiger partial charge is 0.326 e. The standard InChI is InChI=1S/C26H32ClNO6/c1-17(14-24(34-3)19-8-5-4-6-9-19)22(29)10-7-11-25(30)28-21(26(31)32)16-18-12-13-23(33-2)20(27)15-18/h4-9,11-13,15,17,21-22,24,29H,10,14,16H2,1-3H3,(H,28,30)(H,31,32)/b11-7+/t17?,21-,22?,24?/m1/s1. The molecule has 0 aromatic heterocycles. The number of carbonyl (C=O) groups is 2. The van der Waals surface area contributed by atoms with Gasteiger partial charge in [0.1, 0.15) is 11.8 Å². The second-order valence-electron chi connectivity index (χ2n) is 8.13. The average molecular weight is 490 g/mol. The number of hydrogen-bond donors (Lipinski definition) is 3. The van der Waals surface area contributed by atoms with Crippen molar-refractivity contribution in [2.24, 2.45) is 5.92 Å². The number of nitrogens with one attached hydrogen (secondary N) is 1. The monoisotopic (exact) mass is 489 g/mol. The van der Waals surface area contributed by atoms with Gasteiger partial charge in [-0.2, -0.15) is 0 Å². The molecule has 0 heterocycles. The zero-order valence-electron chi connectivity index (χ0n) is 19.6. The molecule has 2 aromatic carbocycles. The van der Waals surface area contributed by atoms with Crippen LogP contribution in [0.15, 0.2) is 60.7 Å². The predicted molar refractivity (Wildman–Crippen MR) is 131 cm³/mol. The van der Waals surface area contributed by atoms with Crippen LogP contribution < -0.4 is 10.1 Å². The average Bonchev–Trinajstić information content (AvgIpc) is 2.82. The lowest BCUT2D eigenvalue weighted by molar-refractivity contribution is -0.141. The third-order valence-corrected chi connectivity index (χ3v) is 5.91. The number of rotatable bonds is 13. The first-order valence-electron chi connectivity index (χ1n) is 11.0. The number of hydrogen-bond acceptors (Lipinski definition) is 5. The number of methoxy groups -OCH3 is 2. The van der Waals surface area contributed by atoms with E-state index in [1.165, 1.54) is 13.2 Å². The van der Waals surface area contributed by atoms with Crippen molar-refractivity contribution in [2.45, 2.75) is 44.4 Å². The fraction of sp³-hybridized carbons (Fsp3) is 0.385. The minimum atomic E-state index is -1.16. The quantitative estimate of drug-likeness (QED) is 0.364. The summed E-state index contributed by atoms with van der Waals surface area (Å²) >= 11 is 6.09. The molecule has 3 N–H and O–H groups in total. The van der Waals surface area contributed by atoms with Crippen molar-refractivity contribution in [1.29, 1.82) is 0 Å². The second-order valence-corrected chi connectivity index (χ2v) is 8.53. The zero-order chi connectivity index (χ0) is 25.1. The highest BCUT2D eigenvalue weighted by molar-refractivity contribution is 6.32. The zero-order valence-corrected chi connectivity index (χ0v) is 20.4. The summed E-state index contributed by atoms with van der Waals surface area (Å²) in [5.74, 6) is -1.30. The topological polar surface area (TPSA) is 105 Å². The third-order valence-electron chi connectivity index (χ3n) is 5.62. The summed E-state index contributed by atoms with van der Waals surface area (Å²) in [6.45, 7) is 1.92. The maximum absolute atomic E-state index is 12.3. The fourth-order valence-electron chi connectivity index (χ4n) is 3.57. The molecule has 0 saturated heterocycles. The lowest BCUT2D eigenvalue weighted by atomic mass is 9.92. The van der Waals surface area contributed by atoms with Crippen molar-refractivity contribution in [3.63, 3.8) is 0 Å². The first kappa shape index (κ1) is 27.4. The van der Waals surface area contributed by atoms with E-state index in [2.05, 4.69) is 5.32 Å².